The van der Waals surface area contributed by atoms with Gasteiger partial charge in [0.05, 0.1) is 0 Å². The minimum absolute atomic E-state index is 0.170. The van der Waals surface area contributed by atoms with E-state index >= 15 is 0 Å². The fraction of sp³-hybridized carbons (Fsp3) is 0.333. The largest absolute Gasteiger partial charge is 0.480 e. The van der Waals surface area contributed by atoms with Gasteiger partial charge in [-0.1, -0.05) is 0 Å². The standard InChI is InChI=1S/C12H13N3O4S/c1-5(11(18)19)14-9(16)8-4-13-12-15(10(8)17)6(2)7(3)20-12/h4-5H,1-3H3,(H,14,16)(H,18,19)/t5-/m0/s1. The molecule has 7 nitrogen and oxygen atoms in total. The zero-order valence-electron chi connectivity index (χ0n) is 11.1. The smallest absolute Gasteiger partial charge is 0.325 e. The number of carbonyl (C=O) groups excluding carboxylic acids is 1. The molecule has 20 heavy (non-hydrogen) atoms. The van der Waals surface area contributed by atoms with E-state index in [2.05, 4.69) is 10.3 Å². The Morgan fingerprint density at radius 1 is 1.45 bits per heavy atom. The first-order chi connectivity index (χ1) is 9.32. The fourth-order valence-electron chi connectivity index (χ4n) is 1.67. The molecule has 106 valence electrons. The van der Waals surface area contributed by atoms with Crippen molar-refractivity contribution in [1.82, 2.24) is 14.7 Å². The first-order valence-corrected chi connectivity index (χ1v) is 6.66. The number of hydrogen-bond donors (Lipinski definition) is 2. The number of carboxylic acid groups (broad SMARTS) is 1. The molecule has 2 aromatic rings. The number of fused-ring (bicyclic) bond motifs is 1. The van der Waals surface area contributed by atoms with E-state index in [-0.39, 0.29) is 5.56 Å². The maximum atomic E-state index is 12.3. The molecule has 0 unspecified atom stereocenters. The summed E-state index contributed by atoms with van der Waals surface area (Å²) >= 11 is 1.36. The summed E-state index contributed by atoms with van der Waals surface area (Å²) in [4.78, 5) is 40.4. The lowest BCUT2D eigenvalue weighted by Crippen LogP contribution is -2.41. The highest BCUT2D eigenvalue weighted by atomic mass is 32.1. The number of thiazole rings is 1. The van der Waals surface area contributed by atoms with E-state index in [1.807, 2.05) is 6.92 Å². The predicted octanol–water partition coefficient (Wildman–Crippen LogP) is 0.576. The van der Waals surface area contributed by atoms with Crippen LogP contribution in [0.1, 0.15) is 27.9 Å². The van der Waals surface area contributed by atoms with Crippen molar-refractivity contribution in [3.8, 4) is 0 Å². The first kappa shape index (κ1) is 14.2. The van der Waals surface area contributed by atoms with Crippen LogP contribution in [0.4, 0.5) is 0 Å². The van der Waals surface area contributed by atoms with Gasteiger partial charge in [0.1, 0.15) is 11.6 Å². The van der Waals surface area contributed by atoms with Gasteiger partial charge in [-0.3, -0.25) is 18.8 Å². The second-order valence-corrected chi connectivity index (χ2v) is 5.55. The second kappa shape index (κ2) is 5.04. The first-order valence-electron chi connectivity index (χ1n) is 5.84. The number of nitrogens with zero attached hydrogens (tertiary/aromatic N) is 2. The summed E-state index contributed by atoms with van der Waals surface area (Å²) in [6.07, 6.45) is 1.18. The summed E-state index contributed by atoms with van der Waals surface area (Å²) in [6, 6.07) is -1.08. The van der Waals surface area contributed by atoms with Gasteiger partial charge in [0.25, 0.3) is 11.5 Å². The van der Waals surface area contributed by atoms with Gasteiger partial charge in [0, 0.05) is 16.8 Å². The molecule has 0 spiro atoms. The van der Waals surface area contributed by atoms with Crippen LogP contribution in [0, 0.1) is 13.8 Å². The molecule has 0 bridgehead atoms. The minimum Gasteiger partial charge on any atom is -0.480 e. The van der Waals surface area contributed by atoms with Crippen LogP contribution in [0.25, 0.3) is 4.96 Å². The molecule has 1 atom stereocenters. The molecule has 0 saturated heterocycles. The fourth-order valence-corrected chi connectivity index (χ4v) is 2.60. The number of aliphatic carboxylic acids is 1. The summed E-state index contributed by atoms with van der Waals surface area (Å²) in [7, 11) is 0. The van der Waals surface area contributed by atoms with Crippen LogP contribution in [0.3, 0.4) is 0 Å². The van der Waals surface area contributed by atoms with Gasteiger partial charge in [-0.15, -0.1) is 11.3 Å². The van der Waals surface area contributed by atoms with Gasteiger partial charge < -0.3 is 10.4 Å². The number of rotatable bonds is 3. The molecule has 0 aliphatic rings. The Hall–Kier alpha value is -2.22. The SMILES string of the molecule is Cc1sc2ncc(C(=O)N[C@@H](C)C(=O)O)c(=O)n2c1C. The molecule has 0 saturated carbocycles. The highest BCUT2D eigenvalue weighted by Crippen LogP contribution is 2.18. The van der Waals surface area contributed by atoms with E-state index in [1.54, 1.807) is 6.92 Å². The number of aryl methyl sites for hydroxylation is 2. The zero-order chi connectivity index (χ0) is 15.0. The van der Waals surface area contributed by atoms with Crippen LogP contribution >= 0.6 is 11.3 Å². The van der Waals surface area contributed by atoms with Gasteiger partial charge in [-0.05, 0) is 20.8 Å². The van der Waals surface area contributed by atoms with E-state index in [0.29, 0.717) is 4.96 Å². The van der Waals surface area contributed by atoms with Crippen LogP contribution in [0.5, 0.6) is 0 Å². The lowest BCUT2D eigenvalue weighted by molar-refractivity contribution is -0.138. The molecule has 2 N–H and O–H groups in total. The summed E-state index contributed by atoms with van der Waals surface area (Å²) in [5, 5.41) is 11.0. The number of amides is 1. The quantitative estimate of drug-likeness (QED) is 0.862. The maximum absolute atomic E-state index is 12.3. The van der Waals surface area contributed by atoms with Crippen molar-refractivity contribution in [2.45, 2.75) is 26.8 Å². The Morgan fingerprint density at radius 2 is 2.10 bits per heavy atom. The highest BCUT2D eigenvalue weighted by molar-refractivity contribution is 7.17. The number of nitrogens with one attached hydrogen (secondary N) is 1. The molecule has 0 aromatic carbocycles. The van der Waals surface area contributed by atoms with Crippen molar-refractivity contribution in [1.29, 1.82) is 0 Å². The molecule has 0 aliphatic heterocycles. The molecular weight excluding hydrogens is 282 g/mol. The lowest BCUT2D eigenvalue weighted by atomic mass is 10.2. The molecule has 1 amide bonds. The molecule has 2 rings (SSSR count). The van der Waals surface area contributed by atoms with Crippen LogP contribution in [0.15, 0.2) is 11.0 Å². The third-order valence-electron chi connectivity index (χ3n) is 2.98. The van der Waals surface area contributed by atoms with Crippen molar-refractivity contribution in [3.05, 3.63) is 32.7 Å². The van der Waals surface area contributed by atoms with Crippen molar-refractivity contribution < 1.29 is 14.7 Å². The third-order valence-corrected chi connectivity index (χ3v) is 4.05. The van der Waals surface area contributed by atoms with Crippen LogP contribution in [-0.2, 0) is 4.79 Å². The number of carboxylic acids is 1. The summed E-state index contributed by atoms with van der Waals surface area (Å²) < 4.78 is 1.36. The summed E-state index contributed by atoms with van der Waals surface area (Å²) in [5.41, 5.74) is 0.0619. The number of aromatic nitrogens is 2. The topological polar surface area (TPSA) is 101 Å². The molecule has 8 heteroatoms. The summed E-state index contributed by atoms with van der Waals surface area (Å²) in [5.74, 6) is -1.91. The van der Waals surface area contributed by atoms with E-state index in [4.69, 9.17) is 5.11 Å². The zero-order valence-corrected chi connectivity index (χ0v) is 11.9. The molecule has 2 heterocycles. The molecule has 0 fully saturated rings. The predicted molar refractivity (Wildman–Crippen MR) is 73.4 cm³/mol. The average molecular weight is 295 g/mol. The molecular formula is C12H13N3O4S. The number of carbonyl (C=O) groups is 2. The van der Waals surface area contributed by atoms with Crippen molar-refractivity contribution >= 4 is 28.2 Å². The molecule has 0 radical (unpaired) electrons. The van der Waals surface area contributed by atoms with Crippen LogP contribution in [-0.4, -0.2) is 32.4 Å². The number of hydrogen-bond acceptors (Lipinski definition) is 5. The van der Waals surface area contributed by atoms with E-state index < -0.39 is 23.5 Å². The van der Waals surface area contributed by atoms with E-state index in [9.17, 15) is 14.4 Å². The molecule has 0 aliphatic carbocycles. The Labute approximate surface area is 117 Å². The van der Waals surface area contributed by atoms with Gasteiger partial charge in [-0.25, -0.2) is 4.98 Å². The van der Waals surface area contributed by atoms with Crippen LogP contribution in [0.2, 0.25) is 0 Å². The highest BCUT2D eigenvalue weighted by Gasteiger charge is 2.20. The Balaban J connectivity index is 2.48. The average Bonchev–Trinajstić information content (AvgIpc) is 2.65. The minimum atomic E-state index is -1.17. The normalized spacial score (nSPS) is 12.3. The maximum Gasteiger partial charge on any atom is 0.325 e. The summed E-state index contributed by atoms with van der Waals surface area (Å²) in [6.45, 7) is 4.95. The Kier molecular flexibility index (Phi) is 3.58. The van der Waals surface area contributed by atoms with E-state index in [0.717, 1.165) is 10.6 Å². The van der Waals surface area contributed by atoms with Gasteiger partial charge in [0.15, 0.2) is 4.96 Å². The van der Waals surface area contributed by atoms with Gasteiger partial charge in [0.2, 0.25) is 0 Å². The molecule has 2 aromatic heterocycles. The monoisotopic (exact) mass is 295 g/mol. The van der Waals surface area contributed by atoms with Crippen LogP contribution < -0.4 is 10.9 Å². The lowest BCUT2D eigenvalue weighted by Gasteiger charge is -2.08. The van der Waals surface area contributed by atoms with Crippen molar-refractivity contribution in [3.63, 3.8) is 0 Å². The van der Waals surface area contributed by atoms with E-state index in [1.165, 1.54) is 28.9 Å². The second-order valence-electron chi connectivity index (χ2n) is 4.37. The van der Waals surface area contributed by atoms with Crippen molar-refractivity contribution in [2.24, 2.45) is 0 Å². The van der Waals surface area contributed by atoms with Crippen molar-refractivity contribution in [2.75, 3.05) is 0 Å². The Morgan fingerprint density at radius 3 is 2.70 bits per heavy atom. The Bertz CT molecular complexity index is 762. The van der Waals surface area contributed by atoms with Gasteiger partial charge >= 0.3 is 5.97 Å². The van der Waals surface area contributed by atoms with Gasteiger partial charge in [-0.2, -0.15) is 0 Å². The third kappa shape index (κ3) is 2.29.